The van der Waals surface area contributed by atoms with Crippen molar-refractivity contribution in [2.75, 3.05) is 0 Å². The molecule has 8 heteroatoms. The molecular formula is C8H4ClF3INO2. The third kappa shape index (κ3) is 3.21. The van der Waals surface area contributed by atoms with Gasteiger partial charge in [-0.25, -0.2) is 4.98 Å². The molecule has 0 amide bonds. The van der Waals surface area contributed by atoms with Gasteiger partial charge in [0.05, 0.1) is 15.6 Å². The van der Waals surface area contributed by atoms with Crippen LogP contribution in [0.1, 0.15) is 16.1 Å². The van der Waals surface area contributed by atoms with E-state index in [1.165, 1.54) is 0 Å². The fourth-order valence-electron chi connectivity index (χ4n) is 0.948. The minimum atomic E-state index is -4.80. The second-order valence-corrected chi connectivity index (χ2v) is 3.95. The number of hydrogen-bond acceptors (Lipinski definition) is 3. The summed E-state index contributed by atoms with van der Waals surface area (Å²) < 4.78 is 39.8. The molecule has 0 saturated heterocycles. The molecule has 1 rings (SSSR count). The number of pyridine rings is 1. The second kappa shape index (κ2) is 5.17. The first-order valence-electron chi connectivity index (χ1n) is 3.83. The van der Waals surface area contributed by atoms with Gasteiger partial charge in [0.25, 0.3) is 0 Å². The molecule has 0 unspecified atom stereocenters. The fourth-order valence-corrected chi connectivity index (χ4v) is 2.16. The molecule has 16 heavy (non-hydrogen) atoms. The van der Waals surface area contributed by atoms with Crippen LogP contribution in [0.25, 0.3) is 0 Å². The lowest BCUT2D eigenvalue weighted by Crippen LogP contribution is -2.18. The zero-order valence-electron chi connectivity index (χ0n) is 7.52. The normalized spacial score (nSPS) is 11.3. The Morgan fingerprint density at radius 1 is 1.56 bits per heavy atom. The van der Waals surface area contributed by atoms with Crippen molar-refractivity contribution in [1.29, 1.82) is 0 Å². The Morgan fingerprint density at radius 3 is 2.62 bits per heavy atom. The fraction of sp³-hybridized carbons (Fsp3) is 0.250. The van der Waals surface area contributed by atoms with E-state index in [9.17, 15) is 18.0 Å². The molecule has 0 aliphatic rings. The molecule has 1 aromatic rings. The lowest BCUT2D eigenvalue weighted by atomic mass is 10.2. The van der Waals surface area contributed by atoms with Crippen LogP contribution in [-0.2, 0) is 5.88 Å². The number of alkyl halides is 4. The number of ether oxygens (including phenoxy) is 1. The zero-order chi connectivity index (χ0) is 12.3. The number of rotatable bonds is 3. The van der Waals surface area contributed by atoms with Crippen molar-refractivity contribution in [3.63, 3.8) is 0 Å². The summed E-state index contributed by atoms with van der Waals surface area (Å²) in [5.41, 5.74) is 0.230. The molecule has 0 aromatic carbocycles. The van der Waals surface area contributed by atoms with Gasteiger partial charge in [0.1, 0.15) is 5.69 Å². The number of aldehydes is 1. The number of aromatic nitrogens is 1. The molecule has 0 N–H and O–H groups in total. The van der Waals surface area contributed by atoms with Crippen LogP contribution in [0.2, 0.25) is 0 Å². The van der Waals surface area contributed by atoms with E-state index < -0.39 is 12.1 Å². The second-order valence-electron chi connectivity index (χ2n) is 2.60. The molecular weight excluding hydrogens is 361 g/mol. The van der Waals surface area contributed by atoms with E-state index in [0.717, 1.165) is 6.20 Å². The molecule has 0 radical (unpaired) electrons. The van der Waals surface area contributed by atoms with E-state index >= 15 is 0 Å². The monoisotopic (exact) mass is 365 g/mol. The first kappa shape index (κ1) is 13.5. The summed E-state index contributed by atoms with van der Waals surface area (Å²) >= 11 is 7.14. The van der Waals surface area contributed by atoms with E-state index in [1.807, 2.05) is 0 Å². The summed E-state index contributed by atoms with van der Waals surface area (Å²) in [6, 6.07) is 0. The van der Waals surface area contributed by atoms with E-state index in [4.69, 9.17) is 11.6 Å². The van der Waals surface area contributed by atoms with E-state index in [-0.39, 0.29) is 20.7 Å². The number of halogens is 5. The van der Waals surface area contributed by atoms with Crippen LogP contribution >= 0.6 is 34.2 Å². The minimum Gasteiger partial charge on any atom is -0.403 e. The van der Waals surface area contributed by atoms with Crippen molar-refractivity contribution in [3.8, 4) is 5.75 Å². The van der Waals surface area contributed by atoms with Crippen LogP contribution < -0.4 is 4.74 Å². The van der Waals surface area contributed by atoms with Crippen molar-refractivity contribution in [2.24, 2.45) is 0 Å². The maximum Gasteiger partial charge on any atom is 0.573 e. The number of carbonyl (C=O) groups excluding carboxylic acids is 1. The Bertz CT molecular complexity index is 411. The van der Waals surface area contributed by atoms with Crippen molar-refractivity contribution < 1.29 is 22.7 Å². The van der Waals surface area contributed by atoms with Crippen molar-refractivity contribution in [2.45, 2.75) is 12.2 Å². The lowest BCUT2D eigenvalue weighted by molar-refractivity contribution is -0.275. The van der Waals surface area contributed by atoms with Gasteiger partial charge in [0.2, 0.25) is 0 Å². The Labute approximate surface area is 107 Å². The summed E-state index contributed by atoms with van der Waals surface area (Å²) in [5.74, 6) is -0.580. The lowest BCUT2D eigenvalue weighted by Gasteiger charge is -2.12. The van der Waals surface area contributed by atoms with Gasteiger partial charge in [-0.1, -0.05) is 0 Å². The summed E-state index contributed by atoms with van der Waals surface area (Å²) in [6.45, 7) is 0. The van der Waals surface area contributed by atoms with E-state index in [2.05, 4.69) is 9.72 Å². The highest BCUT2D eigenvalue weighted by Gasteiger charge is 2.32. The first-order valence-corrected chi connectivity index (χ1v) is 5.44. The minimum absolute atomic E-state index is 0.00826. The highest BCUT2D eigenvalue weighted by atomic mass is 127. The molecule has 0 bridgehead atoms. The molecule has 0 aliphatic carbocycles. The van der Waals surface area contributed by atoms with Gasteiger partial charge in [0, 0.05) is 5.56 Å². The van der Waals surface area contributed by atoms with E-state index in [1.54, 1.807) is 22.6 Å². The summed E-state index contributed by atoms with van der Waals surface area (Å²) in [7, 11) is 0. The molecule has 0 fully saturated rings. The Balaban J connectivity index is 3.19. The molecule has 3 nitrogen and oxygen atoms in total. The predicted molar refractivity (Wildman–Crippen MR) is 58.6 cm³/mol. The molecule has 88 valence electrons. The third-order valence-electron chi connectivity index (χ3n) is 1.58. The number of nitrogens with zero attached hydrogens (tertiary/aromatic N) is 1. The van der Waals surface area contributed by atoms with E-state index in [0.29, 0.717) is 6.29 Å². The van der Waals surface area contributed by atoms with Gasteiger partial charge in [-0.2, -0.15) is 0 Å². The van der Waals surface area contributed by atoms with Crippen LogP contribution in [0.15, 0.2) is 6.20 Å². The average Bonchev–Trinajstić information content (AvgIpc) is 2.19. The maximum absolute atomic E-state index is 12.0. The smallest absolute Gasteiger partial charge is 0.403 e. The molecule has 0 atom stereocenters. The Morgan fingerprint density at radius 2 is 2.19 bits per heavy atom. The molecule has 1 heterocycles. The summed E-state index contributed by atoms with van der Waals surface area (Å²) in [4.78, 5) is 14.1. The van der Waals surface area contributed by atoms with Crippen molar-refractivity contribution in [3.05, 3.63) is 21.0 Å². The Hall–Kier alpha value is -0.570. The van der Waals surface area contributed by atoms with Crippen LogP contribution in [0.4, 0.5) is 13.2 Å². The van der Waals surface area contributed by atoms with Gasteiger partial charge in [0.15, 0.2) is 12.0 Å². The Kier molecular flexibility index (Phi) is 4.36. The first-order chi connectivity index (χ1) is 7.39. The molecule has 0 spiro atoms. The van der Waals surface area contributed by atoms with Crippen LogP contribution in [0.3, 0.4) is 0 Å². The number of hydrogen-bond donors (Lipinski definition) is 0. The van der Waals surface area contributed by atoms with Crippen molar-refractivity contribution in [1.82, 2.24) is 4.98 Å². The largest absolute Gasteiger partial charge is 0.573 e. The predicted octanol–water partition coefficient (Wildman–Crippen LogP) is 3.14. The highest BCUT2D eigenvalue weighted by Crippen LogP contribution is 2.30. The third-order valence-corrected chi connectivity index (χ3v) is 3.03. The highest BCUT2D eigenvalue weighted by molar-refractivity contribution is 14.1. The van der Waals surface area contributed by atoms with Crippen LogP contribution in [0, 0.1) is 3.57 Å². The average molecular weight is 365 g/mol. The summed E-state index contributed by atoms with van der Waals surface area (Å²) in [5, 5.41) is 0. The topological polar surface area (TPSA) is 39.2 Å². The quantitative estimate of drug-likeness (QED) is 0.469. The molecule has 0 saturated carbocycles. The van der Waals surface area contributed by atoms with Crippen LogP contribution in [0.5, 0.6) is 5.75 Å². The molecule has 1 aromatic heterocycles. The molecule has 0 aliphatic heterocycles. The van der Waals surface area contributed by atoms with Gasteiger partial charge >= 0.3 is 6.36 Å². The number of carbonyl (C=O) groups is 1. The zero-order valence-corrected chi connectivity index (χ0v) is 10.4. The van der Waals surface area contributed by atoms with Gasteiger partial charge in [-0.3, -0.25) is 4.79 Å². The van der Waals surface area contributed by atoms with Gasteiger partial charge in [-0.05, 0) is 22.6 Å². The SMILES string of the molecule is O=Cc1ncc(OC(F)(F)F)c(I)c1CCl. The summed E-state index contributed by atoms with van der Waals surface area (Å²) in [6.07, 6.45) is -3.53. The standard InChI is InChI=1S/C8H4ClF3INO2/c9-1-4-5(3-15)14-2-6(7(4)13)16-8(10,11)12/h2-3H,1H2. The van der Waals surface area contributed by atoms with Gasteiger partial charge in [-0.15, -0.1) is 24.8 Å². The maximum atomic E-state index is 12.0. The van der Waals surface area contributed by atoms with Crippen molar-refractivity contribution >= 4 is 40.5 Å². The van der Waals surface area contributed by atoms with Gasteiger partial charge < -0.3 is 4.74 Å². The van der Waals surface area contributed by atoms with Crippen LogP contribution in [-0.4, -0.2) is 17.6 Å².